The van der Waals surface area contributed by atoms with Crippen molar-refractivity contribution in [2.75, 3.05) is 55.7 Å². The maximum absolute atomic E-state index is 14.7. The van der Waals surface area contributed by atoms with E-state index in [0.29, 0.717) is 44.2 Å². The smallest absolute Gasteiger partial charge is 0.414 e. The summed E-state index contributed by atoms with van der Waals surface area (Å²) >= 11 is 0. The van der Waals surface area contributed by atoms with Crippen molar-refractivity contribution in [3.05, 3.63) is 24.0 Å². The number of halogens is 1. The van der Waals surface area contributed by atoms with Crippen molar-refractivity contribution in [3.8, 4) is 0 Å². The molecule has 3 saturated heterocycles. The van der Waals surface area contributed by atoms with Crippen LogP contribution in [0.3, 0.4) is 0 Å². The Morgan fingerprint density at radius 3 is 2.82 bits per heavy atom. The minimum atomic E-state index is -0.520. The van der Waals surface area contributed by atoms with Crippen molar-refractivity contribution in [1.29, 1.82) is 0 Å². The predicted molar refractivity (Wildman–Crippen MR) is 101 cm³/mol. The number of morpholine rings is 1. The van der Waals surface area contributed by atoms with Crippen LogP contribution in [0.1, 0.15) is 12.8 Å². The highest BCUT2D eigenvalue weighted by molar-refractivity contribution is 5.90. The molecule has 3 fully saturated rings. The van der Waals surface area contributed by atoms with Gasteiger partial charge in [0, 0.05) is 13.1 Å². The van der Waals surface area contributed by atoms with Crippen LogP contribution in [0.5, 0.6) is 0 Å². The predicted octanol–water partition coefficient (Wildman–Crippen LogP) is 1.16. The Bertz CT molecular complexity index is 722. The second-order valence-electron chi connectivity index (χ2n) is 7.27. The molecule has 1 unspecified atom stereocenters. The first-order chi connectivity index (χ1) is 13.7. The lowest BCUT2D eigenvalue weighted by molar-refractivity contribution is -0.121. The highest BCUT2D eigenvalue weighted by Gasteiger charge is 2.35. The van der Waals surface area contributed by atoms with Crippen LogP contribution in [0.2, 0.25) is 0 Å². The van der Waals surface area contributed by atoms with Crippen molar-refractivity contribution in [2.45, 2.75) is 25.1 Å². The fourth-order valence-corrected chi connectivity index (χ4v) is 3.98. The number of nitrogens with one attached hydrogen (secondary N) is 1. The van der Waals surface area contributed by atoms with Gasteiger partial charge < -0.3 is 19.3 Å². The summed E-state index contributed by atoms with van der Waals surface area (Å²) in [6.45, 7) is 3.90. The van der Waals surface area contributed by atoms with Gasteiger partial charge in [0.05, 0.1) is 43.8 Å². The molecule has 0 aliphatic carbocycles. The third-order valence-electron chi connectivity index (χ3n) is 5.45. The molecule has 1 aromatic rings. The SMILES string of the molecule is O=CN(CC1CN(c2ccc(N3CCOCC3)c(F)c2)C(=O)O1)[C@@H]1CCCN1. The first-order valence-corrected chi connectivity index (χ1v) is 9.70. The number of anilines is 2. The average Bonchev–Trinajstić information content (AvgIpc) is 3.36. The summed E-state index contributed by atoms with van der Waals surface area (Å²) in [7, 11) is 0. The molecule has 0 aromatic heterocycles. The molecule has 3 aliphatic rings. The molecule has 28 heavy (non-hydrogen) atoms. The van der Waals surface area contributed by atoms with E-state index >= 15 is 0 Å². The van der Waals surface area contributed by atoms with Gasteiger partial charge in [0.1, 0.15) is 11.9 Å². The lowest BCUT2D eigenvalue weighted by Gasteiger charge is -2.29. The van der Waals surface area contributed by atoms with Gasteiger partial charge in [0.2, 0.25) is 6.41 Å². The molecule has 2 amide bonds. The van der Waals surface area contributed by atoms with Gasteiger partial charge in [-0.25, -0.2) is 9.18 Å². The highest BCUT2D eigenvalue weighted by Crippen LogP contribution is 2.28. The topological polar surface area (TPSA) is 74.4 Å². The monoisotopic (exact) mass is 392 g/mol. The molecular weight excluding hydrogens is 367 g/mol. The van der Waals surface area contributed by atoms with Crippen LogP contribution in [-0.4, -0.2) is 75.6 Å². The van der Waals surface area contributed by atoms with Crippen molar-refractivity contribution in [2.24, 2.45) is 0 Å². The molecule has 1 aromatic carbocycles. The Balaban J connectivity index is 1.42. The molecule has 0 radical (unpaired) electrons. The van der Waals surface area contributed by atoms with Crippen LogP contribution in [-0.2, 0) is 14.3 Å². The van der Waals surface area contributed by atoms with E-state index in [4.69, 9.17) is 9.47 Å². The van der Waals surface area contributed by atoms with E-state index in [1.807, 2.05) is 4.90 Å². The van der Waals surface area contributed by atoms with E-state index in [1.54, 1.807) is 17.0 Å². The van der Waals surface area contributed by atoms with E-state index in [1.165, 1.54) is 11.0 Å². The second-order valence-corrected chi connectivity index (χ2v) is 7.27. The summed E-state index contributed by atoms with van der Waals surface area (Å²) in [6.07, 6.45) is 1.71. The molecule has 0 spiro atoms. The number of amides is 2. The van der Waals surface area contributed by atoms with Gasteiger partial charge in [-0.2, -0.15) is 0 Å². The Morgan fingerprint density at radius 1 is 1.32 bits per heavy atom. The average molecular weight is 392 g/mol. The first kappa shape index (κ1) is 18.9. The van der Waals surface area contributed by atoms with Gasteiger partial charge in [-0.3, -0.25) is 15.0 Å². The van der Waals surface area contributed by atoms with E-state index in [0.717, 1.165) is 25.8 Å². The largest absolute Gasteiger partial charge is 0.442 e. The van der Waals surface area contributed by atoms with E-state index in [-0.39, 0.29) is 18.5 Å². The molecule has 1 N–H and O–H groups in total. The molecule has 2 atom stereocenters. The van der Waals surface area contributed by atoms with Crippen molar-refractivity contribution < 1.29 is 23.5 Å². The van der Waals surface area contributed by atoms with Gasteiger partial charge in [-0.1, -0.05) is 0 Å². The molecule has 9 heteroatoms. The molecule has 0 saturated carbocycles. The van der Waals surface area contributed by atoms with Crippen LogP contribution >= 0.6 is 0 Å². The summed E-state index contributed by atoms with van der Waals surface area (Å²) < 4.78 is 25.4. The number of carbonyl (C=O) groups is 2. The van der Waals surface area contributed by atoms with Crippen LogP contribution in [0.4, 0.5) is 20.6 Å². The van der Waals surface area contributed by atoms with Crippen LogP contribution in [0.25, 0.3) is 0 Å². The Labute approximate surface area is 163 Å². The van der Waals surface area contributed by atoms with Gasteiger partial charge in [-0.15, -0.1) is 0 Å². The van der Waals surface area contributed by atoms with Crippen LogP contribution in [0, 0.1) is 5.82 Å². The zero-order valence-corrected chi connectivity index (χ0v) is 15.7. The zero-order chi connectivity index (χ0) is 19.5. The standard InChI is InChI=1S/C19H25FN4O4/c20-16-10-14(3-4-17(16)22-6-8-27-9-7-22)24-12-15(28-19(24)26)11-23(13-25)18-2-1-5-21-18/h3-4,10,13,15,18,21H,1-2,5-9,11-12H2/t15?,18-/m1/s1. The zero-order valence-electron chi connectivity index (χ0n) is 15.7. The number of carbonyl (C=O) groups excluding carboxylic acids is 2. The number of ether oxygens (including phenoxy) is 2. The van der Waals surface area contributed by atoms with E-state index < -0.39 is 12.2 Å². The lowest BCUT2D eigenvalue weighted by Crippen LogP contribution is -2.45. The summed E-state index contributed by atoms with van der Waals surface area (Å²) in [6, 6.07) is 4.79. The first-order valence-electron chi connectivity index (χ1n) is 9.70. The third kappa shape index (κ3) is 3.90. The van der Waals surface area contributed by atoms with Crippen molar-refractivity contribution >= 4 is 23.9 Å². The van der Waals surface area contributed by atoms with Gasteiger partial charge in [-0.05, 0) is 37.6 Å². The molecular formula is C19H25FN4O4. The molecule has 8 nitrogen and oxygen atoms in total. The molecule has 152 valence electrons. The van der Waals surface area contributed by atoms with Crippen molar-refractivity contribution in [3.63, 3.8) is 0 Å². The third-order valence-corrected chi connectivity index (χ3v) is 5.45. The van der Waals surface area contributed by atoms with Gasteiger partial charge in [0.15, 0.2) is 0 Å². The van der Waals surface area contributed by atoms with E-state index in [2.05, 4.69) is 5.32 Å². The van der Waals surface area contributed by atoms with Crippen LogP contribution in [0.15, 0.2) is 18.2 Å². The summed E-state index contributed by atoms with van der Waals surface area (Å²) in [4.78, 5) is 28.7. The number of hydrogen-bond acceptors (Lipinski definition) is 6. The Hall–Kier alpha value is -2.39. The quantitative estimate of drug-likeness (QED) is 0.733. The summed E-state index contributed by atoms with van der Waals surface area (Å²) in [5.41, 5.74) is 0.967. The number of rotatable bonds is 6. The summed E-state index contributed by atoms with van der Waals surface area (Å²) in [5, 5.41) is 3.26. The van der Waals surface area contributed by atoms with Crippen molar-refractivity contribution in [1.82, 2.24) is 10.2 Å². The second kappa shape index (κ2) is 8.32. The fraction of sp³-hybridized carbons (Fsp3) is 0.579. The molecule has 4 rings (SSSR count). The van der Waals surface area contributed by atoms with Crippen LogP contribution < -0.4 is 15.1 Å². The fourth-order valence-electron chi connectivity index (χ4n) is 3.98. The molecule has 3 heterocycles. The van der Waals surface area contributed by atoms with E-state index in [9.17, 15) is 14.0 Å². The number of benzene rings is 1. The molecule has 0 bridgehead atoms. The normalized spacial score (nSPS) is 25.1. The lowest BCUT2D eigenvalue weighted by atomic mass is 10.2. The van der Waals surface area contributed by atoms with Gasteiger partial charge in [0.25, 0.3) is 0 Å². The maximum Gasteiger partial charge on any atom is 0.414 e. The summed E-state index contributed by atoms with van der Waals surface area (Å²) in [5.74, 6) is -0.375. The minimum Gasteiger partial charge on any atom is -0.442 e. The highest BCUT2D eigenvalue weighted by atomic mass is 19.1. The number of nitrogens with zero attached hydrogens (tertiary/aromatic N) is 3. The Morgan fingerprint density at radius 2 is 2.14 bits per heavy atom. The van der Waals surface area contributed by atoms with Gasteiger partial charge >= 0.3 is 6.09 Å². The number of cyclic esters (lactones) is 1. The Kier molecular flexibility index (Phi) is 5.63. The molecule has 3 aliphatic heterocycles. The maximum atomic E-state index is 14.7. The minimum absolute atomic E-state index is 0.0181. The number of hydrogen-bond donors (Lipinski definition) is 1.